The second-order valence-corrected chi connectivity index (χ2v) is 8.30. The fourth-order valence-corrected chi connectivity index (χ4v) is 3.27. The maximum Gasteiger partial charge on any atom is 0.331 e. The molecule has 0 aliphatic rings. The number of carbonyl (C=O) groups excluding carboxylic acids is 4. The monoisotopic (exact) mass is 552 g/mol. The van der Waals surface area contributed by atoms with Crippen LogP contribution in [-0.4, -0.2) is 69.2 Å². The van der Waals surface area contributed by atoms with E-state index in [-0.39, 0.29) is 13.2 Å². The van der Waals surface area contributed by atoms with Crippen LogP contribution in [0.5, 0.6) is 0 Å². The normalized spacial score (nSPS) is 12.1. The number of hydrogen-bond acceptors (Lipinski definition) is 12. The number of benzene rings is 2. The van der Waals surface area contributed by atoms with Gasteiger partial charge in [0.2, 0.25) is 0 Å². The maximum atomic E-state index is 12.7. The second-order valence-electron chi connectivity index (χ2n) is 8.30. The highest BCUT2D eigenvalue weighted by atomic mass is 16.5. The molecular weight excluding hydrogens is 524 g/mol. The van der Waals surface area contributed by atoms with Crippen molar-refractivity contribution >= 4 is 35.4 Å². The molecule has 2 aromatic carbocycles. The number of nitrogens with two attached hydrogens (primary N) is 2. The van der Waals surface area contributed by atoms with Crippen molar-refractivity contribution in [1.29, 1.82) is 0 Å². The molecule has 1 heterocycles. The van der Waals surface area contributed by atoms with Crippen LogP contribution in [-0.2, 0) is 32.3 Å². The molecule has 1 aromatic heterocycles. The van der Waals surface area contributed by atoms with E-state index in [9.17, 15) is 29.4 Å². The first kappa shape index (κ1) is 29.5. The Bertz CT molecular complexity index is 1240. The summed E-state index contributed by atoms with van der Waals surface area (Å²) >= 11 is 0. The highest BCUT2D eigenvalue weighted by molar-refractivity contribution is 6.02. The molecule has 14 heteroatoms. The van der Waals surface area contributed by atoms with Crippen LogP contribution in [0.15, 0.2) is 60.7 Å². The lowest BCUT2D eigenvalue weighted by molar-refractivity contribution is -0.149. The van der Waals surface area contributed by atoms with Crippen LogP contribution in [0.1, 0.15) is 32.1 Å². The molecule has 8 N–H and O–H groups in total. The van der Waals surface area contributed by atoms with Crippen LogP contribution in [0.4, 0.5) is 11.6 Å². The first-order valence-corrected chi connectivity index (χ1v) is 11.9. The number of nitrogens with zero attached hydrogens (tertiary/aromatic N) is 2. The van der Waals surface area contributed by atoms with Gasteiger partial charge in [-0.2, -0.15) is 0 Å². The SMILES string of the molecule is Nc1nc(C(=O)N[C@H](CO)C(=O)OCc2ccccc2)c(N)nc1C(=O)N[C@H](CO)C(=O)OCc1ccccc1. The van der Waals surface area contributed by atoms with Crippen LogP contribution in [0.2, 0.25) is 0 Å². The molecule has 14 nitrogen and oxygen atoms in total. The number of hydrogen-bond donors (Lipinski definition) is 6. The van der Waals surface area contributed by atoms with Gasteiger partial charge in [-0.3, -0.25) is 9.59 Å². The summed E-state index contributed by atoms with van der Waals surface area (Å²) in [5.41, 5.74) is 12.0. The number of amides is 2. The summed E-state index contributed by atoms with van der Waals surface area (Å²) in [6.07, 6.45) is 0. The first-order chi connectivity index (χ1) is 19.2. The second kappa shape index (κ2) is 14.2. The molecule has 0 aliphatic heterocycles. The topological polar surface area (TPSA) is 229 Å². The zero-order valence-electron chi connectivity index (χ0n) is 21.1. The van der Waals surface area contributed by atoms with Crippen molar-refractivity contribution in [3.05, 3.63) is 83.2 Å². The minimum Gasteiger partial charge on any atom is -0.459 e. The summed E-state index contributed by atoms with van der Waals surface area (Å²) in [6, 6.07) is 14.6. The smallest absolute Gasteiger partial charge is 0.331 e. The highest BCUT2D eigenvalue weighted by Gasteiger charge is 2.28. The third kappa shape index (κ3) is 7.96. The van der Waals surface area contributed by atoms with Gasteiger partial charge in [-0.15, -0.1) is 0 Å². The summed E-state index contributed by atoms with van der Waals surface area (Å²) in [5.74, 6) is -4.92. The molecule has 210 valence electrons. The van der Waals surface area contributed by atoms with E-state index in [2.05, 4.69) is 20.6 Å². The zero-order valence-corrected chi connectivity index (χ0v) is 21.1. The summed E-state index contributed by atoms with van der Waals surface area (Å²) in [6.45, 7) is -1.74. The summed E-state index contributed by atoms with van der Waals surface area (Å²) < 4.78 is 10.2. The predicted octanol–water partition coefficient (Wildman–Crippen LogP) is -0.691. The van der Waals surface area contributed by atoms with E-state index in [0.29, 0.717) is 11.1 Å². The Hall–Kier alpha value is -5.08. The fraction of sp³-hybridized carbons (Fsp3) is 0.231. The minimum absolute atomic E-state index is 0.0840. The average molecular weight is 553 g/mol. The van der Waals surface area contributed by atoms with Crippen LogP contribution in [0.3, 0.4) is 0 Å². The number of rotatable bonds is 12. The molecule has 0 saturated heterocycles. The Labute approximate surface area is 228 Å². The molecule has 0 bridgehead atoms. The number of aromatic nitrogens is 2. The molecule has 3 rings (SSSR count). The molecule has 0 radical (unpaired) electrons. The molecule has 0 fully saturated rings. The highest BCUT2D eigenvalue weighted by Crippen LogP contribution is 2.14. The number of nitrogens with one attached hydrogen (secondary N) is 2. The van der Waals surface area contributed by atoms with E-state index in [1.165, 1.54) is 0 Å². The minimum atomic E-state index is -1.45. The number of aliphatic hydroxyl groups is 2. The van der Waals surface area contributed by atoms with E-state index in [4.69, 9.17) is 20.9 Å². The summed E-state index contributed by atoms with van der Waals surface area (Å²) in [5, 5.41) is 23.6. The summed E-state index contributed by atoms with van der Waals surface area (Å²) in [7, 11) is 0. The predicted molar refractivity (Wildman–Crippen MR) is 140 cm³/mol. The van der Waals surface area contributed by atoms with Gasteiger partial charge in [0.15, 0.2) is 35.1 Å². The number of carbonyl (C=O) groups is 4. The van der Waals surface area contributed by atoms with Crippen molar-refractivity contribution in [3.63, 3.8) is 0 Å². The molecular formula is C26H28N6O8. The van der Waals surface area contributed by atoms with Gasteiger partial charge in [-0.25, -0.2) is 19.6 Å². The van der Waals surface area contributed by atoms with Crippen LogP contribution >= 0.6 is 0 Å². The van der Waals surface area contributed by atoms with Crippen molar-refractivity contribution in [2.45, 2.75) is 25.3 Å². The number of anilines is 2. The number of ether oxygens (including phenoxy) is 2. The Balaban J connectivity index is 1.62. The first-order valence-electron chi connectivity index (χ1n) is 11.9. The van der Waals surface area contributed by atoms with Crippen LogP contribution in [0, 0.1) is 0 Å². The molecule has 0 saturated carbocycles. The molecule has 0 spiro atoms. The van der Waals surface area contributed by atoms with E-state index in [0.717, 1.165) is 0 Å². The lowest BCUT2D eigenvalue weighted by atomic mass is 10.2. The van der Waals surface area contributed by atoms with Crippen molar-refractivity contribution in [2.75, 3.05) is 24.7 Å². The zero-order chi connectivity index (χ0) is 29.1. The standard InChI is InChI=1S/C26H28N6O8/c27-21-19(23(35)29-17(11-33)25(37)39-13-15-7-3-1-4-8-15)31-22(28)20(32-21)24(36)30-18(12-34)26(38)40-14-16-9-5-2-6-10-16/h1-10,17-18,33-34H,11-14H2,(H2,28,31)(H2,27,32)(H,29,35)(H,30,36)/t17-,18-/m1/s1. The van der Waals surface area contributed by atoms with Crippen LogP contribution in [0.25, 0.3) is 0 Å². The Morgan fingerprint density at radius 1 is 0.675 bits per heavy atom. The van der Waals surface area contributed by atoms with Gasteiger partial charge in [0, 0.05) is 0 Å². The largest absolute Gasteiger partial charge is 0.459 e. The van der Waals surface area contributed by atoms with Crippen molar-refractivity contribution in [2.24, 2.45) is 0 Å². The van der Waals surface area contributed by atoms with Gasteiger partial charge in [-0.05, 0) is 11.1 Å². The molecule has 2 amide bonds. The number of nitrogen functional groups attached to an aromatic ring is 2. The third-order valence-corrected chi connectivity index (χ3v) is 5.37. The van der Waals surface area contributed by atoms with E-state index >= 15 is 0 Å². The molecule has 40 heavy (non-hydrogen) atoms. The molecule has 2 atom stereocenters. The van der Waals surface area contributed by atoms with Gasteiger partial charge in [0.05, 0.1) is 13.2 Å². The molecule has 3 aromatic rings. The molecule has 0 aliphatic carbocycles. The lowest BCUT2D eigenvalue weighted by Crippen LogP contribution is -2.45. The van der Waals surface area contributed by atoms with Crippen LogP contribution < -0.4 is 22.1 Å². The van der Waals surface area contributed by atoms with Gasteiger partial charge in [0.1, 0.15) is 13.2 Å². The summed E-state index contributed by atoms with van der Waals surface area (Å²) in [4.78, 5) is 57.6. The van der Waals surface area contributed by atoms with Crippen molar-refractivity contribution in [1.82, 2.24) is 20.6 Å². The quantitative estimate of drug-likeness (QED) is 0.153. The van der Waals surface area contributed by atoms with Gasteiger partial charge >= 0.3 is 11.9 Å². The maximum absolute atomic E-state index is 12.7. The Morgan fingerprint density at radius 3 is 1.35 bits per heavy atom. The van der Waals surface area contributed by atoms with Crippen molar-refractivity contribution < 1.29 is 38.9 Å². The van der Waals surface area contributed by atoms with E-state index in [1.807, 2.05) is 0 Å². The fourth-order valence-electron chi connectivity index (χ4n) is 3.27. The van der Waals surface area contributed by atoms with Crippen molar-refractivity contribution in [3.8, 4) is 0 Å². The third-order valence-electron chi connectivity index (χ3n) is 5.37. The number of aliphatic hydroxyl groups excluding tert-OH is 2. The number of esters is 2. The Morgan fingerprint density at radius 2 is 1.02 bits per heavy atom. The average Bonchev–Trinajstić information content (AvgIpc) is 2.97. The van der Waals surface area contributed by atoms with E-state index < -0.39 is 72.1 Å². The molecule has 0 unspecified atom stereocenters. The van der Waals surface area contributed by atoms with Gasteiger partial charge in [0.25, 0.3) is 11.8 Å². The van der Waals surface area contributed by atoms with E-state index in [1.54, 1.807) is 60.7 Å². The lowest BCUT2D eigenvalue weighted by Gasteiger charge is -2.17. The Kier molecular flexibility index (Phi) is 10.4. The van der Waals surface area contributed by atoms with Gasteiger partial charge in [-0.1, -0.05) is 60.7 Å². The van der Waals surface area contributed by atoms with Gasteiger partial charge < -0.3 is 41.8 Å².